The summed E-state index contributed by atoms with van der Waals surface area (Å²) in [6.07, 6.45) is 0.534. The molecular weight excluding hydrogens is 371 g/mol. The van der Waals surface area contributed by atoms with Gasteiger partial charge in [-0.15, -0.1) is 0 Å². The molecule has 28 heavy (non-hydrogen) atoms. The first-order valence-corrected chi connectivity index (χ1v) is 8.94. The highest BCUT2D eigenvalue weighted by Gasteiger charge is 2.35. The van der Waals surface area contributed by atoms with Crippen LogP contribution in [0.15, 0.2) is 30.9 Å². The molecule has 0 atom stereocenters. The summed E-state index contributed by atoms with van der Waals surface area (Å²) < 4.78 is 42.4. The van der Waals surface area contributed by atoms with Gasteiger partial charge in [-0.2, -0.15) is 13.2 Å². The second-order valence-corrected chi connectivity index (χ2v) is 6.93. The highest BCUT2D eigenvalue weighted by molar-refractivity contribution is 5.82. The number of H-pyrrole nitrogens is 1. The zero-order valence-electron chi connectivity index (χ0n) is 14.7. The number of imidazole rings is 2. The molecule has 0 bridgehead atoms. The van der Waals surface area contributed by atoms with Gasteiger partial charge in [-0.05, 0) is 30.9 Å². The van der Waals surface area contributed by atoms with Crippen LogP contribution in [0.5, 0.6) is 0 Å². The van der Waals surface area contributed by atoms with Crippen molar-refractivity contribution in [3.05, 3.63) is 42.2 Å². The second-order valence-electron chi connectivity index (χ2n) is 6.93. The summed E-state index contributed by atoms with van der Waals surface area (Å²) in [4.78, 5) is 19.8. The number of benzene rings is 1. The number of halogens is 3. The van der Waals surface area contributed by atoms with Gasteiger partial charge in [0.1, 0.15) is 17.7 Å². The Bertz CT molecular complexity index is 1160. The minimum atomic E-state index is -4.43. The van der Waals surface area contributed by atoms with E-state index in [0.717, 1.165) is 18.9 Å². The molecule has 1 aromatic carbocycles. The van der Waals surface area contributed by atoms with E-state index in [0.29, 0.717) is 40.8 Å². The molecule has 0 saturated heterocycles. The second kappa shape index (κ2) is 6.18. The standard InChI is InChI=1S/C18H16F3N7/c19-18(20,21)11-2-1-3-12-15(11)28(7-10-4-5-10)13(27-12)6-22-16-14-17(24-8-23-14)26-9-25-16/h1-3,8-10H,4-7H2,(H2,22,23,24,25,26). The maximum Gasteiger partial charge on any atom is 0.418 e. The third kappa shape index (κ3) is 2.94. The number of para-hydroxylation sites is 1. The molecule has 1 saturated carbocycles. The molecule has 1 fully saturated rings. The van der Waals surface area contributed by atoms with E-state index in [2.05, 4.69) is 30.2 Å². The molecule has 0 spiro atoms. The van der Waals surface area contributed by atoms with E-state index < -0.39 is 11.7 Å². The number of rotatable bonds is 5. The molecular formula is C18H16F3N7. The van der Waals surface area contributed by atoms with Crippen LogP contribution in [-0.4, -0.2) is 29.5 Å². The number of anilines is 1. The van der Waals surface area contributed by atoms with Crippen LogP contribution in [0.25, 0.3) is 22.2 Å². The van der Waals surface area contributed by atoms with Crippen molar-refractivity contribution >= 4 is 28.0 Å². The first-order chi connectivity index (χ1) is 13.5. The van der Waals surface area contributed by atoms with Gasteiger partial charge >= 0.3 is 6.18 Å². The molecule has 3 aromatic heterocycles. The number of aromatic amines is 1. The Kier molecular flexibility index (Phi) is 3.74. The third-order valence-corrected chi connectivity index (χ3v) is 4.93. The van der Waals surface area contributed by atoms with Crippen LogP contribution in [0.4, 0.5) is 19.0 Å². The predicted molar refractivity (Wildman–Crippen MR) is 96.5 cm³/mol. The van der Waals surface area contributed by atoms with Gasteiger partial charge in [0.05, 0.1) is 29.5 Å². The Morgan fingerprint density at radius 2 is 2.04 bits per heavy atom. The van der Waals surface area contributed by atoms with Crippen molar-refractivity contribution in [2.75, 3.05) is 5.32 Å². The molecule has 4 aromatic rings. The largest absolute Gasteiger partial charge is 0.418 e. The Labute approximate surface area is 157 Å². The van der Waals surface area contributed by atoms with Crippen LogP contribution in [0.1, 0.15) is 24.2 Å². The van der Waals surface area contributed by atoms with Gasteiger partial charge in [-0.25, -0.2) is 19.9 Å². The first kappa shape index (κ1) is 17.0. The lowest BCUT2D eigenvalue weighted by molar-refractivity contribution is -0.136. The van der Waals surface area contributed by atoms with E-state index in [9.17, 15) is 13.2 Å². The highest BCUT2D eigenvalue weighted by Crippen LogP contribution is 2.38. The number of nitrogens with zero attached hydrogens (tertiary/aromatic N) is 5. The average Bonchev–Trinajstić information content (AvgIpc) is 3.22. The van der Waals surface area contributed by atoms with E-state index in [4.69, 9.17) is 0 Å². The van der Waals surface area contributed by atoms with Crippen molar-refractivity contribution in [3.63, 3.8) is 0 Å². The van der Waals surface area contributed by atoms with Gasteiger partial charge < -0.3 is 14.9 Å². The summed E-state index contributed by atoms with van der Waals surface area (Å²) in [5.74, 6) is 1.48. The van der Waals surface area contributed by atoms with Crippen molar-refractivity contribution in [1.29, 1.82) is 0 Å². The number of hydrogen-bond donors (Lipinski definition) is 2. The molecule has 10 heteroatoms. The fourth-order valence-corrected chi connectivity index (χ4v) is 3.41. The monoisotopic (exact) mass is 387 g/mol. The van der Waals surface area contributed by atoms with E-state index in [1.807, 2.05) is 0 Å². The predicted octanol–water partition coefficient (Wildman–Crippen LogP) is 3.74. The van der Waals surface area contributed by atoms with Gasteiger partial charge in [-0.1, -0.05) is 6.07 Å². The number of nitrogens with one attached hydrogen (secondary N) is 2. The van der Waals surface area contributed by atoms with Crippen molar-refractivity contribution in [1.82, 2.24) is 29.5 Å². The summed E-state index contributed by atoms with van der Waals surface area (Å²) in [6, 6.07) is 4.13. The minimum Gasteiger partial charge on any atom is -0.361 e. The molecule has 2 N–H and O–H groups in total. The molecule has 3 heterocycles. The van der Waals surface area contributed by atoms with Crippen LogP contribution in [0.2, 0.25) is 0 Å². The Morgan fingerprint density at radius 3 is 2.82 bits per heavy atom. The summed E-state index contributed by atoms with van der Waals surface area (Å²) >= 11 is 0. The average molecular weight is 387 g/mol. The van der Waals surface area contributed by atoms with Crippen LogP contribution < -0.4 is 5.32 Å². The molecule has 5 rings (SSSR count). The molecule has 0 unspecified atom stereocenters. The molecule has 7 nitrogen and oxygen atoms in total. The van der Waals surface area contributed by atoms with Crippen molar-refractivity contribution in [2.45, 2.75) is 32.1 Å². The topological polar surface area (TPSA) is 84.3 Å². The van der Waals surface area contributed by atoms with Gasteiger partial charge in [-0.3, -0.25) is 0 Å². The lowest BCUT2D eigenvalue weighted by Gasteiger charge is -2.13. The van der Waals surface area contributed by atoms with Gasteiger partial charge in [0.15, 0.2) is 11.5 Å². The van der Waals surface area contributed by atoms with Crippen molar-refractivity contribution in [2.24, 2.45) is 5.92 Å². The molecule has 1 aliphatic rings. The van der Waals surface area contributed by atoms with Crippen LogP contribution in [-0.2, 0) is 19.3 Å². The normalized spacial score (nSPS) is 14.8. The minimum absolute atomic E-state index is 0.146. The first-order valence-electron chi connectivity index (χ1n) is 8.94. The molecule has 0 amide bonds. The number of fused-ring (bicyclic) bond motifs is 2. The third-order valence-electron chi connectivity index (χ3n) is 4.93. The fourth-order valence-electron chi connectivity index (χ4n) is 3.41. The lowest BCUT2D eigenvalue weighted by atomic mass is 10.1. The zero-order valence-corrected chi connectivity index (χ0v) is 14.7. The molecule has 0 radical (unpaired) electrons. The molecule has 0 aliphatic heterocycles. The summed E-state index contributed by atoms with van der Waals surface area (Å²) in [5.41, 5.74) is 1.00. The number of hydrogen-bond acceptors (Lipinski definition) is 5. The van der Waals surface area contributed by atoms with E-state index in [1.165, 1.54) is 18.7 Å². The van der Waals surface area contributed by atoms with Gasteiger partial charge in [0, 0.05) is 6.54 Å². The van der Waals surface area contributed by atoms with Crippen molar-refractivity contribution < 1.29 is 13.2 Å². The number of alkyl halides is 3. The Balaban J connectivity index is 1.56. The maximum absolute atomic E-state index is 13.6. The van der Waals surface area contributed by atoms with Gasteiger partial charge in [0.25, 0.3) is 0 Å². The SMILES string of the molecule is FC(F)(F)c1cccc2nc(CNc3ncnc4nc[nH]c34)n(CC3CC3)c12. The summed E-state index contributed by atoms with van der Waals surface area (Å²) in [5, 5.41) is 3.16. The highest BCUT2D eigenvalue weighted by atomic mass is 19.4. The lowest BCUT2D eigenvalue weighted by Crippen LogP contribution is -2.13. The quantitative estimate of drug-likeness (QED) is 0.545. The van der Waals surface area contributed by atoms with E-state index in [-0.39, 0.29) is 12.1 Å². The zero-order chi connectivity index (χ0) is 19.3. The van der Waals surface area contributed by atoms with Crippen LogP contribution >= 0.6 is 0 Å². The van der Waals surface area contributed by atoms with Gasteiger partial charge in [0.2, 0.25) is 0 Å². The molecule has 1 aliphatic carbocycles. The summed E-state index contributed by atoms with van der Waals surface area (Å²) in [6.45, 7) is 0.772. The smallest absolute Gasteiger partial charge is 0.361 e. The Morgan fingerprint density at radius 1 is 1.18 bits per heavy atom. The van der Waals surface area contributed by atoms with Crippen LogP contribution in [0.3, 0.4) is 0 Å². The maximum atomic E-state index is 13.6. The van der Waals surface area contributed by atoms with E-state index >= 15 is 0 Å². The number of aromatic nitrogens is 6. The Hall–Kier alpha value is -3.17. The van der Waals surface area contributed by atoms with E-state index in [1.54, 1.807) is 10.6 Å². The molecule has 144 valence electrons. The summed E-state index contributed by atoms with van der Waals surface area (Å²) in [7, 11) is 0. The fraction of sp³-hybridized carbons (Fsp3) is 0.333. The van der Waals surface area contributed by atoms with Crippen LogP contribution in [0, 0.1) is 5.92 Å². The van der Waals surface area contributed by atoms with Crippen molar-refractivity contribution in [3.8, 4) is 0 Å².